The molecule has 106 valence electrons. The summed E-state index contributed by atoms with van der Waals surface area (Å²) in [5.41, 5.74) is 5.97. The molecule has 1 saturated heterocycles. The van der Waals surface area contributed by atoms with E-state index in [9.17, 15) is 4.79 Å². The molecule has 1 aliphatic rings. The second-order valence-corrected chi connectivity index (χ2v) is 5.06. The number of likely N-dealkylation sites (N-methyl/N-ethyl adjacent to an activating group) is 1. The zero-order valence-electron chi connectivity index (χ0n) is 11.6. The molecule has 0 spiro atoms. The normalized spacial score (nSPS) is 15.9. The van der Waals surface area contributed by atoms with Gasteiger partial charge in [-0.05, 0) is 25.9 Å². The highest BCUT2D eigenvalue weighted by Crippen LogP contribution is 2.07. The monoisotopic (exact) mass is 265 g/mol. The summed E-state index contributed by atoms with van der Waals surface area (Å²) in [6, 6.07) is 0. The first-order valence-corrected chi connectivity index (χ1v) is 6.90. The number of rotatable bonds is 6. The first-order chi connectivity index (χ1) is 9.20. The SMILES string of the molecule is CN(CCN1CCCC1)C(=O)c1cn(CCN)cn1. The van der Waals surface area contributed by atoms with Gasteiger partial charge in [0.25, 0.3) is 5.91 Å². The molecular weight excluding hydrogens is 242 g/mol. The van der Waals surface area contributed by atoms with Crippen molar-refractivity contribution >= 4 is 5.91 Å². The van der Waals surface area contributed by atoms with Crippen LogP contribution in [0.5, 0.6) is 0 Å². The van der Waals surface area contributed by atoms with Gasteiger partial charge in [-0.1, -0.05) is 0 Å². The lowest BCUT2D eigenvalue weighted by molar-refractivity contribution is 0.0777. The zero-order valence-corrected chi connectivity index (χ0v) is 11.6. The van der Waals surface area contributed by atoms with Gasteiger partial charge in [-0.25, -0.2) is 4.98 Å². The van der Waals surface area contributed by atoms with Crippen LogP contribution in [0.4, 0.5) is 0 Å². The third-order valence-corrected chi connectivity index (χ3v) is 3.54. The Balaban J connectivity index is 1.83. The maximum Gasteiger partial charge on any atom is 0.273 e. The van der Waals surface area contributed by atoms with Crippen LogP contribution >= 0.6 is 0 Å². The van der Waals surface area contributed by atoms with Gasteiger partial charge < -0.3 is 20.1 Å². The summed E-state index contributed by atoms with van der Waals surface area (Å²) in [5, 5.41) is 0. The molecule has 1 aromatic rings. The summed E-state index contributed by atoms with van der Waals surface area (Å²) < 4.78 is 1.85. The molecule has 2 N–H and O–H groups in total. The Morgan fingerprint density at radius 3 is 2.84 bits per heavy atom. The molecule has 0 aromatic carbocycles. The molecule has 1 fully saturated rings. The van der Waals surface area contributed by atoms with Gasteiger partial charge in [0, 0.05) is 39.4 Å². The number of hydrogen-bond acceptors (Lipinski definition) is 4. The minimum absolute atomic E-state index is 0.0185. The van der Waals surface area contributed by atoms with Crippen LogP contribution in [0.2, 0.25) is 0 Å². The molecule has 2 rings (SSSR count). The fraction of sp³-hybridized carbons (Fsp3) is 0.692. The molecule has 1 amide bonds. The van der Waals surface area contributed by atoms with Gasteiger partial charge in [0.05, 0.1) is 6.33 Å². The van der Waals surface area contributed by atoms with E-state index in [1.54, 1.807) is 17.4 Å². The fourth-order valence-corrected chi connectivity index (χ4v) is 2.34. The van der Waals surface area contributed by atoms with Crippen LogP contribution in [0.15, 0.2) is 12.5 Å². The average molecular weight is 265 g/mol. The van der Waals surface area contributed by atoms with Gasteiger partial charge in [-0.2, -0.15) is 0 Å². The molecular formula is C13H23N5O. The van der Waals surface area contributed by atoms with Crippen molar-refractivity contribution in [3.8, 4) is 0 Å². The van der Waals surface area contributed by atoms with Crippen LogP contribution in [0.3, 0.4) is 0 Å². The van der Waals surface area contributed by atoms with Crippen molar-refractivity contribution in [3.05, 3.63) is 18.2 Å². The highest BCUT2D eigenvalue weighted by Gasteiger charge is 2.17. The predicted molar refractivity (Wildman–Crippen MR) is 73.9 cm³/mol. The minimum atomic E-state index is -0.0185. The molecule has 0 bridgehead atoms. The van der Waals surface area contributed by atoms with E-state index in [4.69, 9.17) is 5.73 Å². The lowest BCUT2D eigenvalue weighted by atomic mass is 10.4. The third-order valence-electron chi connectivity index (χ3n) is 3.54. The van der Waals surface area contributed by atoms with Gasteiger partial charge in [0.2, 0.25) is 0 Å². The number of imidazole rings is 1. The molecule has 1 aliphatic heterocycles. The van der Waals surface area contributed by atoms with Gasteiger partial charge >= 0.3 is 0 Å². The van der Waals surface area contributed by atoms with Crippen LogP contribution in [-0.4, -0.2) is 65.0 Å². The maximum atomic E-state index is 12.2. The average Bonchev–Trinajstić information content (AvgIpc) is 3.06. The highest BCUT2D eigenvalue weighted by atomic mass is 16.2. The number of carbonyl (C=O) groups is 1. The largest absolute Gasteiger partial charge is 0.339 e. The molecule has 6 nitrogen and oxygen atoms in total. The van der Waals surface area contributed by atoms with Crippen molar-refractivity contribution in [2.45, 2.75) is 19.4 Å². The first kappa shape index (κ1) is 14.0. The van der Waals surface area contributed by atoms with Crippen LogP contribution in [0, 0.1) is 0 Å². The Bertz CT molecular complexity index is 411. The highest BCUT2D eigenvalue weighted by molar-refractivity contribution is 5.91. The first-order valence-electron chi connectivity index (χ1n) is 6.90. The Hall–Kier alpha value is -1.40. The van der Waals surface area contributed by atoms with E-state index in [1.807, 2.05) is 11.6 Å². The molecule has 0 saturated carbocycles. The summed E-state index contributed by atoms with van der Waals surface area (Å²) in [7, 11) is 1.83. The molecule has 6 heteroatoms. The summed E-state index contributed by atoms with van der Waals surface area (Å²) in [4.78, 5) is 20.4. The predicted octanol–water partition coefficient (Wildman–Crippen LogP) is 0.00960. The number of amides is 1. The van der Waals surface area contributed by atoms with Crippen LogP contribution < -0.4 is 5.73 Å². The standard InChI is InChI=1S/C13H23N5O/c1-16(8-9-17-5-2-3-6-17)13(19)12-10-18(7-4-14)11-15-12/h10-11H,2-9,14H2,1H3. The number of likely N-dealkylation sites (tertiary alicyclic amines) is 1. The zero-order chi connectivity index (χ0) is 13.7. The van der Waals surface area contributed by atoms with E-state index in [-0.39, 0.29) is 5.91 Å². The maximum absolute atomic E-state index is 12.2. The van der Waals surface area contributed by atoms with Crippen molar-refractivity contribution < 1.29 is 4.79 Å². The smallest absolute Gasteiger partial charge is 0.273 e. The lowest BCUT2D eigenvalue weighted by Gasteiger charge is -2.20. The van der Waals surface area contributed by atoms with Crippen molar-refractivity contribution in [1.82, 2.24) is 19.4 Å². The van der Waals surface area contributed by atoms with E-state index in [0.717, 1.165) is 26.2 Å². The molecule has 1 aromatic heterocycles. The van der Waals surface area contributed by atoms with Crippen molar-refractivity contribution in [3.63, 3.8) is 0 Å². The lowest BCUT2D eigenvalue weighted by Crippen LogP contribution is -2.35. The second-order valence-electron chi connectivity index (χ2n) is 5.06. The fourth-order valence-electron chi connectivity index (χ4n) is 2.34. The minimum Gasteiger partial charge on any atom is -0.339 e. The summed E-state index contributed by atoms with van der Waals surface area (Å²) in [6.45, 7) is 5.27. The molecule has 2 heterocycles. The van der Waals surface area contributed by atoms with Crippen LogP contribution in [-0.2, 0) is 6.54 Å². The molecule has 0 radical (unpaired) electrons. The van der Waals surface area contributed by atoms with Gasteiger partial charge in [0.15, 0.2) is 0 Å². The van der Waals surface area contributed by atoms with E-state index >= 15 is 0 Å². The van der Waals surface area contributed by atoms with Gasteiger partial charge in [-0.15, -0.1) is 0 Å². The van der Waals surface area contributed by atoms with Crippen molar-refractivity contribution in [1.29, 1.82) is 0 Å². The number of carbonyl (C=O) groups excluding carboxylic acids is 1. The Morgan fingerprint density at radius 2 is 2.16 bits per heavy atom. The summed E-state index contributed by atoms with van der Waals surface area (Å²) in [6.07, 6.45) is 5.98. The third kappa shape index (κ3) is 3.78. The topological polar surface area (TPSA) is 67.4 Å². The Morgan fingerprint density at radius 1 is 1.42 bits per heavy atom. The van der Waals surface area contributed by atoms with E-state index < -0.39 is 0 Å². The number of hydrogen-bond donors (Lipinski definition) is 1. The molecule has 19 heavy (non-hydrogen) atoms. The Labute approximate surface area is 114 Å². The van der Waals surface area contributed by atoms with Gasteiger partial charge in [0.1, 0.15) is 5.69 Å². The number of nitrogens with zero attached hydrogens (tertiary/aromatic N) is 4. The quantitative estimate of drug-likeness (QED) is 0.787. The molecule has 0 aliphatic carbocycles. The second kappa shape index (κ2) is 6.68. The summed E-state index contributed by atoms with van der Waals surface area (Å²) >= 11 is 0. The summed E-state index contributed by atoms with van der Waals surface area (Å²) in [5.74, 6) is -0.0185. The van der Waals surface area contributed by atoms with Gasteiger partial charge in [-0.3, -0.25) is 4.79 Å². The van der Waals surface area contributed by atoms with Crippen LogP contribution in [0.25, 0.3) is 0 Å². The molecule has 0 atom stereocenters. The van der Waals surface area contributed by atoms with Crippen LogP contribution in [0.1, 0.15) is 23.3 Å². The van der Waals surface area contributed by atoms with E-state index in [1.165, 1.54) is 12.8 Å². The molecule has 0 unspecified atom stereocenters. The number of aromatic nitrogens is 2. The van der Waals surface area contributed by atoms with Crippen molar-refractivity contribution in [2.75, 3.05) is 39.8 Å². The number of nitrogens with two attached hydrogens (primary N) is 1. The van der Waals surface area contributed by atoms with E-state index in [0.29, 0.717) is 18.8 Å². The Kier molecular flexibility index (Phi) is 4.93. The van der Waals surface area contributed by atoms with E-state index in [2.05, 4.69) is 9.88 Å². The van der Waals surface area contributed by atoms with Crippen molar-refractivity contribution in [2.24, 2.45) is 5.73 Å².